The lowest BCUT2D eigenvalue weighted by Gasteiger charge is -1.99. The van der Waals surface area contributed by atoms with Crippen molar-refractivity contribution in [2.75, 3.05) is 13.6 Å². The van der Waals surface area contributed by atoms with E-state index >= 15 is 0 Å². The van der Waals surface area contributed by atoms with E-state index in [1.54, 1.807) is 12.1 Å². The molecule has 0 heterocycles. The molecule has 0 spiro atoms. The highest BCUT2D eigenvalue weighted by atomic mass is 79.9. The molecule has 76 valence electrons. The van der Waals surface area contributed by atoms with Crippen molar-refractivity contribution in [1.29, 1.82) is 0 Å². The van der Waals surface area contributed by atoms with Gasteiger partial charge in [-0.2, -0.15) is 0 Å². The summed E-state index contributed by atoms with van der Waals surface area (Å²) in [5, 5.41) is 3.03. The second-order valence-electron chi connectivity index (χ2n) is 2.93. The summed E-state index contributed by atoms with van der Waals surface area (Å²) in [7, 11) is 1.90. The quantitative estimate of drug-likeness (QED) is 0.818. The lowest BCUT2D eigenvalue weighted by atomic mass is 10.2. The van der Waals surface area contributed by atoms with E-state index in [0.29, 0.717) is 5.56 Å². The molecule has 1 nitrogen and oxygen atoms in total. The predicted molar refractivity (Wildman–Crippen MR) is 61.7 cm³/mol. The van der Waals surface area contributed by atoms with Crippen LogP contribution in [0.3, 0.4) is 0 Å². The second-order valence-corrected chi connectivity index (χ2v) is 3.78. The summed E-state index contributed by atoms with van der Waals surface area (Å²) in [5.41, 5.74) is 0.614. The summed E-state index contributed by atoms with van der Waals surface area (Å²) in [6.07, 6.45) is 4.66. The van der Waals surface area contributed by atoms with Crippen molar-refractivity contribution < 1.29 is 4.39 Å². The largest absolute Gasteiger partial charge is 0.319 e. The van der Waals surface area contributed by atoms with Gasteiger partial charge in [-0.05, 0) is 32.1 Å². The Labute approximate surface area is 92.1 Å². The molecular formula is C11H13BrFN. The van der Waals surface area contributed by atoms with E-state index in [1.807, 2.05) is 19.2 Å². The summed E-state index contributed by atoms with van der Waals surface area (Å²) < 4.78 is 14.1. The molecule has 0 atom stereocenters. The molecule has 14 heavy (non-hydrogen) atoms. The first-order valence-electron chi connectivity index (χ1n) is 4.51. The highest BCUT2D eigenvalue weighted by Gasteiger charge is 2.01. The Balaban J connectivity index is 2.70. The Morgan fingerprint density at radius 3 is 2.93 bits per heavy atom. The van der Waals surface area contributed by atoms with Gasteiger partial charge in [0.15, 0.2) is 0 Å². The molecule has 0 saturated carbocycles. The van der Waals surface area contributed by atoms with Gasteiger partial charge >= 0.3 is 0 Å². The summed E-state index contributed by atoms with van der Waals surface area (Å²) in [5.74, 6) is -0.194. The van der Waals surface area contributed by atoms with Gasteiger partial charge in [-0.1, -0.05) is 34.1 Å². The van der Waals surface area contributed by atoms with Gasteiger partial charge in [0.25, 0.3) is 0 Å². The fourth-order valence-electron chi connectivity index (χ4n) is 1.10. The molecule has 0 unspecified atom stereocenters. The maximum Gasteiger partial charge on any atom is 0.131 e. The van der Waals surface area contributed by atoms with E-state index < -0.39 is 0 Å². The first kappa shape index (κ1) is 11.4. The van der Waals surface area contributed by atoms with E-state index in [1.165, 1.54) is 6.07 Å². The average Bonchev–Trinajstić information content (AvgIpc) is 2.16. The Kier molecular flexibility index (Phi) is 4.84. The summed E-state index contributed by atoms with van der Waals surface area (Å²) >= 11 is 3.31. The number of nitrogens with one attached hydrogen (secondary N) is 1. The van der Waals surface area contributed by atoms with Crippen molar-refractivity contribution in [2.24, 2.45) is 0 Å². The third-order valence-electron chi connectivity index (χ3n) is 1.85. The van der Waals surface area contributed by atoms with Crippen LogP contribution >= 0.6 is 15.9 Å². The van der Waals surface area contributed by atoms with Crippen LogP contribution in [0.2, 0.25) is 0 Å². The molecule has 0 aliphatic carbocycles. The minimum Gasteiger partial charge on any atom is -0.319 e. The molecule has 0 aromatic heterocycles. The number of rotatable bonds is 4. The molecule has 0 fully saturated rings. The topological polar surface area (TPSA) is 12.0 Å². The zero-order valence-electron chi connectivity index (χ0n) is 8.06. The minimum atomic E-state index is -0.194. The zero-order valence-corrected chi connectivity index (χ0v) is 9.64. The van der Waals surface area contributed by atoms with Crippen LogP contribution in [0.15, 0.2) is 28.7 Å². The minimum absolute atomic E-state index is 0.194. The molecule has 1 aromatic carbocycles. The van der Waals surface area contributed by atoms with Gasteiger partial charge < -0.3 is 5.32 Å². The second kappa shape index (κ2) is 5.94. The number of hydrogen-bond donors (Lipinski definition) is 1. The first-order valence-corrected chi connectivity index (χ1v) is 5.30. The summed E-state index contributed by atoms with van der Waals surface area (Å²) in [6.45, 7) is 0.905. The van der Waals surface area contributed by atoms with Gasteiger partial charge in [0, 0.05) is 10.0 Å². The highest BCUT2D eigenvalue weighted by Crippen LogP contribution is 2.20. The molecule has 3 heteroatoms. The van der Waals surface area contributed by atoms with Gasteiger partial charge in [-0.25, -0.2) is 4.39 Å². The standard InChI is InChI=1S/C11H13BrFN/c1-14-8-3-2-5-9-10(12)6-4-7-11(9)13/h2,4-7,14H,3,8H2,1H3. The highest BCUT2D eigenvalue weighted by molar-refractivity contribution is 9.10. The van der Waals surface area contributed by atoms with Crippen LogP contribution in [0, 0.1) is 5.82 Å². The molecule has 0 bridgehead atoms. The molecule has 1 rings (SSSR count). The van der Waals surface area contributed by atoms with Crippen LogP contribution in [0.4, 0.5) is 4.39 Å². The molecule has 0 radical (unpaired) electrons. The van der Waals surface area contributed by atoms with E-state index in [0.717, 1.165) is 17.4 Å². The molecule has 0 aliphatic rings. The third-order valence-corrected chi connectivity index (χ3v) is 2.54. The lowest BCUT2D eigenvalue weighted by molar-refractivity contribution is 0.624. The molecule has 1 aromatic rings. The van der Waals surface area contributed by atoms with Crippen LogP contribution in [0.5, 0.6) is 0 Å². The third kappa shape index (κ3) is 3.24. The van der Waals surface area contributed by atoms with Crippen LogP contribution in [-0.2, 0) is 0 Å². The van der Waals surface area contributed by atoms with Crippen molar-refractivity contribution in [2.45, 2.75) is 6.42 Å². The van der Waals surface area contributed by atoms with Crippen molar-refractivity contribution in [3.8, 4) is 0 Å². The Hall–Kier alpha value is -0.670. The predicted octanol–water partition coefficient (Wildman–Crippen LogP) is 3.21. The molecule has 0 saturated heterocycles. The van der Waals surface area contributed by atoms with E-state index in [4.69, 9.17) is 0 Å². The first-order chi connectivity index (χ1) is 6.75. The number of hydrogen-bond acceptors (Lipinski definition) is 1. The molecule has 0 amide bonds. The molecular weight excluding hydrogens is 245 g/mol. The van der Waals surface area contributed by atoms with Crippen molar-refractivity contribution in [1.82, 2.24) is 5.32 Å². The molecule has 0 aliphatic heterocycles. The normalized spacial score (nSPS) is 11.1. The van der Waals surface area contributed by atoms with Crippen molar-refractivity contribution in [3.63, 3.8) is 0 Å². The lowest BCUT2D eigenvalue weighted by Crippen LogP contribution is -2.05. The maximum absolute atomic E-state index is 13.3. The van der Waals surface area contributed by atoms with Gasteiger partial charge in [-0.15, -0.1) is 0 Å². The van der Waals surface area contributed by atoms with E-state index in [-0.39, 0.29) is 5.82 Å². The van der Waals surface area contributed by atoms with Crippen molar-refractivity contribution in [3.05, 3.63) is 40.1 Å². The summed E-state index contributed by atoms with van der Waals surface area (Å²) in [4.78, 5) is 0. The molecule has 1 N–H and O–H groups in total. The Morgan fingerprint density at radius 2 is 2.29 bits per heavy atom. The Bertz CT molecular complexity index is 303. The SMILES string of the molecule is CNCCC=Cc1c(F)cccc1Br. The summed E-state index contributed by atoms with van der Waals surface area (Å²) in [6, 6.07) is 4.98. The average molecular weight is 258 g/mol. The zero-order chi connectivity index (χ0) is 10.4. The fourth-order valence-corrected chi connectivity index (χ4v) is 1.57. The fraction of sp³-hybridized carbons (Fsp3) is 0.273. The van der Waals surface area contributed by atoms with Gasteiger partial charge in [0.1, 0.15) is 5.82 Å². The van der Waals surface area contributed by atoms with Gasteiger partial charge in [0.2, 0.25) is 0 Å². The number of halogens is 2. The van der Waals surface area contributed by atoms with Crippen LogP contribution < -0.4 is 5.32 Å². The monoisotopic (exact) mass is 257 g/mol. The van der Waals surface area contributed by atoms with Crippen LogP contribution in [-0.4, -0.2) is 13.6 Å². The van der Waals surface area contributed by atoms with Gasteiger partial charge in [-0.3, -0.25) is 0 Å². The van der Waals surface area contributed by atoms with Crippen LogP contribution in [0.1, 0.15) is 12.0 Å². The Morgan fingerprint density at radius 1 is 1.50 bits per heavy atom. The van der Waals surface area contributed by atoms with Gasteiger partial charge in [0.05, 0.1) is 0 Å². The number of benzene rings is 1. The maximum atomic E-state index is 13.3. The van der Waals surface area contributed by atoms with E-state index in [9.17, 15) is 4.39 Å². The van der Waals surface area contributed by atoms with Crippen molar-refractivity contribution >= 4 is 22.0 Å². The van der Waals surface area contributed by atoms with E-state index in [2.05, 4.69) is 21.2 Å². The smallest absolute Gasteiger partial charge is 0.131 e. The van der Waals surface area contributed by atoms with Crippen LogP contribution in [0.25, 0.3) is 6.08 Å².